The highest BCUT2D eigenvalue weighted by Crippen LogP contribution is 2.36. The second-order valence-corrected chi connectivity index (χ2v) is 9.73. The zero-order valence-electron chi connectivity index (χ0n) is 20.4. The summed E-state index contributed by atoms with van der Waals surface area (Å²) in [5.41, 5.74) is 6.00. The Bertz CT molecular complexity index is 1250. The lowest BCUT2D eigenvalue weighted by molar-refractivity contribution is 0.191. The third-order valence-corrected chi connectivity index (χ3v) is 6.75. The van der Waals surface area contributed by atoms with Gasteiger partial charge in [-0.25, -0.2) is 14.5 Å². The molecule has 2 fully saturated rings. The van der Waals surface area contributed by atoms with Crippen LogP contribution in [0.3, 0.4) is 0 Å². The van der Waals surface area contributed by atoms with Crippen LogP contribution in [0.4, 0.5) is 17.2 Å². The normalized spacial score (nSPS) is 20.4. The Morgan fingerprint density at radius 3 is 2.56 bits per heavy atom. The van der Waals surface area contributed by atoms with E-state index in [0.29, 0.717) is 29.6 Å². The van der Waals surface area contributed by atoms with Crippen molar-refractivity contribution in [1.82, 2.24) is 24.5 Å². The molecular weight excluding hydrogens is 422 g/mol. The Labute approximate surface area is 201 Å². The van der Waals surface area contributed by atoms with Gasteiger partial charge in [-0.15, -0.1) is 0 Å². The van der Waals surface area contributed by atoms with Crippen LogP contribution >= 0.6 is 0 Å². The fourth-order valence-electron chi connectivity index (χ4n) is 5.27. The quantitative estimate of drug-likeness (QED) is 0.502. The van der Waals surface area contributed by atoms with Gasteiger partial charge in [0.2, 0.25) is 0 Å². The van der Waals surface area contributed by atoms with Crippen molar-refractivity contribution < 1.29 is 0 Å². The van der Waals surface area contributed by atoms with Gasteiger partial charge in [-0.3, -0.25) is 4.90 Å². The maximum Gasteiger partial charge on any atom is 0.199 e. The second kappa shape index (κ2) is 9.06. The highest BCUT2D eigenvalue weighted by atomic mass is 15.4. The predicted molar refractivity (Wildman–Crippen MR) is 139 cm³/mol. The summed E-state index contributed by atoms with van der Waals surface area (Å²) in [6.45, 7) is 14.9. The number of nitrogens with one attached hydrogen (secondary N) is 1. The van der Waals surface area contributed by atoms with E-state index in [1.807, 2.05) is 16.8 Å². The summed E-state index contributed by atoms with van der Waals surface area (Å²) in [7, 11) is 0. The van der Waals surface area contributed by atoms with Crippen molar-refractivity contribution in [2.75, 3.05) is 23.3 Å². The molecule has 2 aliphatic rings. The molecule has 4 heterocycles. The zero-order chi connectivity index (χ0) is 23.8. The van der Waals surface area contributed by atoms with Gasteiger partial charge in [0.15, 0.2) is 11.5 Å². The molecule has 1 N–H and O–H groups in total. The minimum Gasteiger partial charge on any atom is -0.366 e. The van der Waals surface area contributed by atoms with E-state index in [-0.39, 0.29) is 0 Å². The molecule has 2 atom stereocenters. The van der Waals surface area contributed by atoms with Crippen molar-refractivity contribution in [3.63, 3.8) is 0 Å². The maximum atomic E-state index is 4.69. The monoisotopic (exact) mass is 455 g/mol. The van der Waals surface area contributed by atoms with E-state index in [2.05, 4.69) is 94.8 Å². The van der Waals surface area contributed by atoms with E-state index in [4.69, 9.17) is 0 Å². The van der Waals surface area contributed by atoms with Crippen LogP contribution in [0, 0.1) is 0 Å². The molecule has 0 saturated carbocycles. The molecular formula is C27H33N7. The number of nitrogens with zero attached hydrogens (tertiary/aromatic N) is 6. The number of hydrogen-bond donors (Lipinski definition) is 1. The summed E-state index contributed by atoms with van der Waals surface area (Å²) in [4.78, 5) is 14.4. The molecule has 2 aromatic heterocycles. The molecule has 2 bridgehead atoms. The molecule has 0 aliphatic carbocycles. The molecule has 0 amide bonds. The average molecular weight is 456 g/mol. The predicted octanol–water partition coefficient (Wildman–Crippen LogP) is 5.07. The minimum atomic E-state index is 0.620. The van der Waals surface area contributed by atoms with Gasteiger partial charge in [0, 0.05) is 48.2 Å². The lowest BCUT2D eigenvalue weighted by Gasteiger charge is -2.37. The molecule has 7 nitrogen and oxygen atoms in total. The summed E-state index contributed by atoms with van der Waals surface area (Å²) in [6.07, 6.45) is 10.5. The summed E-state index contributed by atoms with van der Waals surface area (Å²) >= 11 is 0. The Kier molecular flexibility index (Phi) is 5.96. The minimum absolute atomic E-state index is 0.620. The first kappa shape index (κ1) is 22.3. The van der Waals surface area contributed by atoms with Crippen molar-refractivity contribution in [2.24, 2.45) is 0 Å². The first-order chi connectivity index (χ1) is 16.4. The van der Waals surface area contributed by atoms with Gasteiger partial charge in [0.05, 0.1) is 11.9 Å². The fourth-order valence-corrected chi connectivity index (χ4v) is 5.27. The van der Waals surface area contributed by atoms with E-state index in [9.17, 15) is 0 Å². The number of anilines is 3. The summed E-state index contributed by atoms with van der Waals surface area (Å²) in [6, 6.07) is 10.6. The van der Waals surface area contributed by atoms with E-state index < -0.39 is 0 Å². The molecule has 2 aliphatic heterocycles. The SMILES string of the molecule is C=C/C=C(\C=C(C)C)c1cnc(Nc2ccc(N3CC4CC3CN4C(C)C)cc2)c2ncnn12. The first-order valence-corrected chi connectivity index (χ1v) is 12.0. The van der Waals surface area contributed by atoms with Crippen molar-refractivity contribution in [3.8, 4) is 0 Å². The van der Waals surface area contributed by atoms with Gasteiger partial charge < -0.3 is 10.2 Å². The van der Waals surface area contributed by atoms with Crippen LogP contribution in [-0.2, 0) is 0 Å². The summed E-state index contributed by atoms with van der Waals surface area (Å²) < 4.78 is 1.82. The van der Waals surface area contributed by atoms with Crippen LogP contribution in [0.2, 0.25) is 0 Å². The number of piperazine rings is 1. The van der Waals surface area contributed by atoms with E-state index >= 15 is 0 Å². The van der Waals surface area contributed by atoms with E-state index in [1.165, 1.54) is 24.2 Å². The Morgan fingerprint density at radius 1 is 1.12 bits per heavy atom. The summed E-state index contributed by atoms with van der Waals surface area (Å²) in [5.74, 6) is 0.678. The molecule has 0 radical (unpaired) electrons. The molecule has 2 unspecified atom stereocenters. The van der Waals surface area contributed by atoms with Crippen molar-refractivity contribution >= 4 is 28.4 Å². The van der Waals surface area contributed by atoms with Gasteiger partial charge in [0.1, 0.15) is 6.33 Å². The number of likely N-dealkylation sites (tertiary alicyclic amines) is 1. The standard InChI is InChI=1S/C27H33N7/c1-6-7-20(12-18(2)3)25-14-28-26(27-29-17-30-34(25)27)31-21-8-10-22(11-9-21)33-16-23-13-24(33)15-32(23)19(4)5/h6-12,14,17,19,23-24H,1,13,15-16H2,2-5H3,(H,28,31)/b20-7+. The number of allylic oxidation sites excluding steroid dienone is 5. The van der Waals surface area contributed by atoms with Gasteiger partial charge >= 0.3 is 0 Å². The molecule has 3 aromatic rings. The number of rotatable bonds is 7. The highest BCUT2D eigenvalue weighted by Gasteiger charge is 2.43. The molecule has 2 saturated heterocycles. The van der Waals surface area contributed by atoms with Gasteiger partial charge in [-0.05, 0) is 58.4 Å². The number of hydrogen-bond acceptors (Lipinski definition) is 6. The lowest BCUT2D eigenvalue weighted by Crippen LogP contribution is -2.48. The Morgan fingerprint density at radius 2 is 1.91 bits per heavy atom. The van der Waals surface area contributed by atoms with Crippen molar-refractivity contribution in [1.29, 1.82) is 0 Å². The van der Waals surface area contributed by atoms with Crippen molar-refractivity contribution in [3.05, 3.63) is 72.9 Å². The van der Waals surface area contributed by atoms with Crippen LogP contribution in [0.15, 0.2) is 67.2 Å². The van der Waals surface area contributed by atoms with Crippen LogP contribution in [0.5, 0.6) is 0 Å². The third-order valence-electron chi connectivity index (χ3n) is 6.75. The molecule has 1 aromatic carbocycles. The number of aromatic nitrogens is 4. The van der Waals surface area contributed by atoms with E-state index in [1.54, 1.807) is 12.4 Å². The molecule has 5 rings (SSSR count). The largest absolute Gasteiger partial charge is 0.366 e. The molecule has 34 heavy (non-hydrogen) atoms. The smallest absolute Gasteiger partial charge is 0.199 e. The molecule has 176 valence electrons. The van der Waals surface area contributed by atoms with Gasteiger partial charge in [-0.2, -0.15) is 5.10 Å². The Hall–Kier alpha value is -3.45. The zero-order valence-corrected chi connectivity index (χ0v) is 20.4. The fraction of sp³-hybridized carbons (Fsp3) is 0.370. The van der Waals surface area contributed by atoms with Crippen LogP contribution in [0.1, 0.15) is 39.8 Å². The second-order valence-electron chi connectivity index (χ2n) is 9.73. The lowest BCUT2D eigenvalue weighted by atomic mass is 10.1. The Balaban J connectivity index is 1.36. The average Bonchev–Trinajstić information content (AvgIpc) is 3.55. The summed E-state index contributed by atoms with van der Waals surface area (Å²) in [5, 5.41) is 7.88. The highest BCUT2D eigenvalue weighted by molar-refractivity contribution is 5.78. The van der Waals surface area contributed by atoms with E-state index in [0.717, 1.165) is 23.5 Å². The van der Waals surface area contributed by atoms with Crippen LogP contribution in [-0.4, -0.2) is 55.7 Å². The van der Waals surface area contributed by atoms with Crippen LogP contribution in [0.25, 0.3) is 11.2 Å². The first-order valence-electron chi connectivity index (χ1n) is 12.0. The number of benzene rings is 1. The topological polar surface area (TPSA) is 61.6 Å². The van der Waals surface area contributed by atoms with Crippen LogP contribution < -0.4 is 10.2 Å². The van der Waals surface area contributed by atoms with Gasteiger partial charge in [-0.1, -0.05) is 30.4 Å². The molecule has 0 spiro atoms. The van der Waals surface area contributed by atoms with Crippen molar-refractivity contribution in [2.45, 2.75) is 52.2 Å². The molecule has 7 heteroatoms. The van der Waals surface area contributed by atoms with Gasteiger partial charge in [0.25, 0.3) is 0 Å². The third kappa shape index (κ3) is 4.12. The number of fused-ring (bicyclic) bond motifs is 3. The maximum absolute atomic E-state index is 4.69.